The van der Waals surface area contributed by atoms with Gasteiger partial charge in [-0.05, 0) is 50.8 Å². The topological polar surface area (TPSA) is 50.4 Å². The average molecular weight is 392 g/mol. The predicted molar refractivity (Wildman–Crippen MR) is 99.3 cm³/mol. The van der Waals surface area contributed by atoms with Crippen molar-refractivity contribution in [2.45, 2.75) is 51.6 Å². The van der Waals surface area contributed by atoms with Gasteiger partial charge in [0.1, 0.15) is 5.60 Å². The molecule has 0 aliphatic heterocycles. The van der Waals surface area contributed by atoms with Crippen molar-refractivity contribution in [1.29, 1.82) is 0 Å². The fourth-order valence-electron chi connectivity index (χ4n) is 2.21. The normalized spacial score (nSPS) is 13.3. The molecule has 0 heterocycles. The summed E-state index contributed by atoms with van der Waals surface area (Å²) in [6.07, 6.45) is -2.14. The number of amides is 1. The predicted octanol–water partition coefficient (Wildman–Crippen LogP) is 4.44. The standard InChI is InChI=1S/C18H27F3N2O2S/c1-17(2,3)25-16(24)23-15(8-9-26-4)12-22-11-13-6-5-7-14(10-13)18(19,20)21/h5-7,10,15,22H,8-9,11-12H2,1-4H3,(H,23,24). The third kappa shape index (κ3) is 9.33. The second-order valence-corrected chi connectivity index (χ2v) is 7.94. The van der Waals surface area contributed by atoms with Crippen LogP contribution in [0.4, 0.5) is 18.0 Å². The lowest BCUT2D eigenvalue weighted by Crippen LogP contribution is -2.44. The number of carbonyl (C=O) groups excluding carboxylic acids is 1. The maximum Gasteiger partial charge on any atom is 0.416 e. The van der Waals surface area contributed by atoms with E-state index in [0.29, 0.717) is 12.1 Å². The van der Waals surface area contributed by atoms with E-state index in [9.17, 15) is 18.0 Å². The first-order valence-corrected chi connectivity index (χ1v) is 9.76. The molecule has 148 valence electrons. The number of ether oxygens (including phenoxy) is 1. The highest BCUT2D eigenvalue weighted by Gasteiger charge is 2.30. The number of halogens is 3. The maximum absolute atomic E-state index is 12.8. The second kappa shape index (κ2) is 10.1. The lowest BCUT2D eigenvalue weighted by atomic mass is 10.1. The molecule has 2 N–H and O–H groups in total. The zero-order valence-electron chi connectivity index (χ0n) is 15.6. The molecule has 0 radical (unpaired) electrons. The van der Waals surface area contributed by atoms with Gasteiger partial charge in [-0.3, -0.25) is 0 Å². The van der Waals surface area contributed by atoms with Crippen LogP contribution in [0.2, 0.25) is 0 Å². The molecule has 1 amide bonds. The monoisotopic (exact) mass is 392 g/mol. The van der Waals surface area contributed by atoms with Crippen molar-refractivity contribution in [3.05, 3.63) is 35.4 Å². The molecule has 1 rings (SSSR count). The van der Waals surface area contributed by atoms with Crippen LogP contribution in [-0.4, -0.2) is 36.3 Å². The summed E-state index contributed by atoms with van der Waals surface area (Å²) < 4.78 is 43.5. The molecule has 0 fully saturated rings. The van der Waals surface area contributed by atoms with Gasteiger partial charge in [-0.15, -0.1) is 0 Å². The summed E-state index contributed by atoms with van der Waals surface area (Å²) >= 11 is 1.66. The van der Waals surface area contributed by atoms with E-state index < -0.39 is 23.4 Å². The summed E-state index contributed by atoms with van der Waals surface area (Å²) in [5, 5.41) is 5.92. The van der Waals surface area contributed by atoms with Gasteiger partial charge in [0.25, 0.3) is 0 Å². The lowest BCUT2D eigenvalue weighted by Gasteiger charge is -2.24. The van der Waals surface area contributed by atoms with Crippen molar-refractivity contribution < 1.29 is 22.7 Å². The van der Waals surface area contributed by atoms with Crippen molar-refractivity contribution in [3.63, 3.8) is 0 Å². The molecule has 0 saturated carbocycles. The largest absolute Gasteiger partial charge is 0.444 e. The smallest absolute Gasteiger partial charge is 0.416 e. The molecule has 4 nitrogen and oxygen atoms in total. The SMILES string of the molecule is CSCCC(CNCc1cccc(C(F)(F)F)c1)NC(=O)OC(C)(C)C. The fourth-order valence-corrected chi connectivity index (χ4v) is 2.73. The highest BCUT2D eigenvalue weighted by Crippen LogP contribution is 2.29. The molecular weight excluding hydrogens is 365 g/mol. The number of alkyl halides is 3. The second-order valence-electron chi connectivity index (χ2n) is 6.95. The van der Waals surface area contributed by atoms with E-state index in [2.05, 4.69) is 10.6 Å². The van der Waals surface area contributed by atoms with E-state index in [1.165, 1.54) is 6.07 Å². The number of benzene rings is 1. The molecular formula is C18H27F3N2O2S. The minimum absolute atomic E-state index is 0.164. The summed E-state index contributed by atoms with van der Waals surface area (Å²) in [6.45, 7) is 6.09. The Kier molecular flexibility index (Phi) is 8.76. The average Bonchev–Trinajstić information content (AvgIpc) is 2.50. The Morgan fingerprint density at radius 2 is 1.96 bits per heavy atom. The summed E-state index contributed by atoms with van der Waals surface area (Å²) in [4.78, 5) is 11.9. The zero-order chi connectivity index (χ0) is 19.8. The first-order chi connectivity index (χ1) is 12.0. The molecule has 1 aromatic rings. The Labute approximate surface area is 157 Å². The van der Waals surface area contributed by atoms with Crippen LogP contribution in [0.3, 0.4) is 0 Å². The number of hydrogen-bond donors (Lipinski definition) is 2. The van der Waals surface area contributed by atoms with Crippen LogP contribution in [-0.2, 0) is 17.5 Å². The van der Waals surface area contributed by atoms with Crippen molar-refractivity contribution in [2.24, 2.45) is 0 Å². The summed E-state index contributed by atoms with van der Waals surface area (Å²) in [7, 11) is 0. The molecule has 0 saturated heterocycles. The van der Waals surface area contributed by atoms with Gasteiger partial charge in [0.15, 0.2) is 0 Å². The van der Waals surface area contributed by atoms with Crippen molar-refractivity contribution in [3.8, 4) is 0 Å². The van der Waals surface area contributed by atoms with Gasteiger partial charge < -0.3 is 15.4 Å². The number of thioether (sulfide) groups is 1. The molecule has 0 aliphatic rings. The Morgan fingerprint density at radius 3 is 2.54 bits per heavy atom. The lowest BCUT2D eigenvalue weighted by molar-refractivity contribution is -0.137. The summed E-state index contributed by atoms with van der Waals surface area (Å²) in [6, 6.07) is 5.05. The Bertz CT molecular complexity index is 574. The van der Waals surface area contributed by atoms with Gasteiger partial charge in [0.05, 0.1) is 5.56 Å². The minimum atomic E-state index is -4.35. The Balaban J connectivity index is 2.57. The molecule has 8 heteroatoms. The van der Waals surface area contributed by atoms with E-state index in [-0.39, 0.29) is 12.6 Å². The van der Waals surface area contributed by atoms with E-state index in [1.807, 2.05) is 6.26 Å². The number of rotatable bonds is 8. The van der Waals surface area contributed by atoms with E-state index in [0.717, 1.165) is 24.3 Å². The van der Waals surface area contributed by atoms with Crippen LogP contribution in [0.25, 0.3) is 0 Å². The zero-order valence-corrected chi connectivity index (χ0v) is 16.4. The van der Waals surface area contributed by atoms with Crippen LogP contribution in [0, 0.1) is 0 Å². The van der Waals surface area contributed by atoms with Gasteiger partial charge in [-0.2, -0.15) is 24.9 Å². The highest BCUT2D eigenvalue weighted by molar-refractivity contribution is 7.98. The van der Waals surface area contributed by atoms with Crippen LogP contribution in [0.5, 0.6) is 0 Å². The number of alkyl carbamates (subject to hydrolysis) is 1. The van der Waals surface area contributed by atoms with Crippen LogP contribution >= 0.6 is 11.8 Å². The molecule has 1 atom stereocenters. The molecule has 0 spiro atoms. The quantitative estimate of drug-likeness (QED) is 0.687. The number of nitrogens with one attached hydrogen (secondary N) is 2. The summed E-state index contributed by atoms with van der Waals surface area (Å²) in [5.41, 5.74) is -0.706. The first-order valence-electron chi connectivity index (χ1n) is 8.36. The van der Waals surface area contributed by atoms with Crippen molar-refractivity contribution in [2.75, 3.05) is 18.6 Å². The van der Waals surface area contributed by atoms with Crippen molar-refractivity contribution in [1.82, 2.24) is 10.6 Å². The van der Waals surface area contributed by atoms with Crippen LogP contribution < -0.4 is 10.6 Å². The third-order valence-electron chi connectivity index (χ3n) is 3.37. The van der Waals surface area contributed by atoms with Gasteiger partial charge in [-0.25, -0.2) is 4.79 Å². The maximum atomic E-state index is 12.8. The van der Waals surface area contributed by atoms with Gasteiger partial charge in [0, 0.05) is 19.1 Å². The Morgan fingerprint density at radius 1 is 1.27 bits per heavy atom. The van der Waals surface area contributed by atoms with Crippen molar-refractivity contribution >= 4 is 17.9 Å². The number of hydrogen-bond acceptors (Lipinski definition) is 4. The van der Waals surface area contributed by atoms with E-state index >= 15 is 0 Å². The van der Waals surface area contributed by atoms with Gasteiger partial charge in [-0.1, -0.05) is 18.2 Å². The minimum Gasteiger partial charge on any atom is -0.444 e. The molecule has 0 aromatic heterocycles. The first kappa shape index (κ1) is 22.6. The third-order valence-corrected chi connectivity index (χ3v) is 4.01. The van der Waals surface area contributed by atoms with Crippen LogP contribution in [0.15, 0.2) is 24.3 Å². The van der Waals surface area contributed by atoms with Gasteiger partial charge >= 0.3 is 12.3 Å². The molecule has 26 heavy (non-hydrogen) atoms. The Hall–Kier alpha value is -1.41. The van der Waals surface area contributed by atoms with E-state index in [4.69, 9.17) is 4.74 Å². The molecule has 1 aromatic carbocycles. The molecule has 1 unspecified atom stereocenters. The molecule has 0 bridgehead atoms. The fraction of sp³-hybridized carbons (Fsp3) is 0.611. The summed E-state index contributed by atoms with van der Waals surface area (Å²) in [5.74, 6) is 0.853. The van der Waals surface area contributed by atoms with E-state index in [1.54, 1.807) is 38.6 Å². The van der Waals surface area contributed by atoms with Crippen LogP contribution in [0.1, 0.15) is 38.3 Å². The highest BCUT2D eigenvalue weighted by atomic mass is 32.2. The number of carbonyl (C=O) groups is 1. The van der Waals surface area contributed by atoms with Gasteiger partial charge in [0.2, 0.25) is 0 Å². The molecule has 0 aliphatic carbocycles.